The Bertz CT molecular complexity index is 701. The molecule has 3 heterocycles. The molecule has 23 heavy (non-hydrogen) atoms. The number of anilines is 1. The van der Waals surface area contributed by atoms with Gasteiger partial charge in [0.1, 0.15) is 11.5 Å². The molecule has 1 saturated heterocycles. The van der Waals surface area contributed by atoms with Crippen molar-refractivity contribution in [2.75, 3.05) is 25.5 Å². The molecule has 0 radical (unpaired) electrons. The second-order valence-electron chi connectivity index (χ2n) is 5.98. The van der Waals surface area contributed by atoms with Gasteiger partial charge < -0.3 is 10.2 Å². The molecule has 1 fully saturated rings. The van der Waals surface area contributed by atoms with E-state index in [9.17, 15) is 4.79 Å². The average Bonchev–Trinajstić information content (AvgIpc) is 2.62. The number of aryl methyl sites for hydroxylation is 1. The van der Waals surface area contributed by atoms with E-state index in [2.05, 4.69) is 21.4 Å². The monoisotopic (exact) mass is 310 g/mol. The maximum atomic E-state index is 12.8. The minimum atomic E-state index is 0.0377. The van der Waals surface area contributed by atoms with Gasteiger partial charge in [-0.2, -0.15) is 0 Å². The lowest BCUT2D eigenvalue weighted by atomic mass is 9.91. The maximum Gasteiger partial charge on any atom is 0.272 e. The van der Waals surface area contributed by atoms with Crippen LogP contribution < -0.4 is 5.32 Å². The molecule has 2 aromatic rings. The van der Waals surface area contributed by atoms with Gasteiger partial charge in [-0.05, 0) is 49.1 Å². The molecule has 0 spiro atoms. The number of nitrogens with one attached hydrogen (secondary N) is 1. The lowest BCUT2D eigenvalue weighted by Gasteiger charge is -2.33. The number of nitrogens with zero attached hydrogens (tertiary/aromatic N) is 3. The van der Waals surface area contributed by atoms with Crippen LogP contribution in [0.4, 0.5) is 5.82 Å². The van der Waals surface area contributed by atoms with Crippen molar-refractivity contribution in [3.8, 4) is 0 Å². The Kier molecular flexibility index (Phi) is 4.55. The van der Waals surface area contributed by atoms with E-state index in [-0.39, 0.29) is 5.91 Å². The van der Waals surface area contributed by atoms with Crippen LogP contribution in [0.1, 0.15) is 40.4 Å². The summed E-state index contributed by atoms with van der Waals surface area (Å²) in [7, 11) is 1.87. The Hall–Kier alpha value is -2.43. The van der Waals surface area contributed by atoms with Gasteiger partial charge in [0, 0.05) is 38.4 Å². The van der Waals surface area contributed by atoms with E-state index in [1.807, 2.05) is 43.3 Å². The van der Waals surface area contributed by atoms with Gasteiger partial charge in [-0.3, -0.25) is 9.78 Å². The van der Waals surface area contributed by atoms with Gasteiger partial charge >= 0.3 is 0 Å². The number of amides is 1. The number of likely N-dealkylation sites (tertiary alicyclic amines) is 1. The molecule has 0 bridgehead atoms. The Labute approximate surface area is 136 Å². The molecule has 1 N–H and O–H groups in total. The zero-order valence-electron chi connectivity index (χ0n) is 13.6. The van der Waals surface area contributed by atoms with Gasteiger partial charge in [-0.15, -0.1) is 0 Å². The number of rotatable bonds is 3. The molecule has 120 valence electrons. The van der Waals surface area contributed by atoms with Crippen LogP contribution in [0.15, 0.2) is 36.7 Å². The summed E-state index contributed by atoms with van der Waals surface area (Å²) in [6.45, 7) is 3.47. The molecule has 5 nitrogen and oxygen atoms in total. The first-order chi connectivity index (χ1) is 11.2. The second kappa shape index (κ2) is 6.77. The summed E-state index contributed by atoms with van der Waals surface area (Å²) in [5, 5.41) is 3.07. The van der Waals surface area contributed by atoms with Crippen molar-refractivity contribution >= 4 is 11.7 Å². The van der Waals surface area contributed by atoms with Gasteiger partial charge in [0.15, 0.2) is 0 Å². The minimum Gasteiger partial charge on any atom is -0.373 e. The van der Waals surface area contributed by atoms with Crippen molar-refractivity contribution < 1.29 is 4.79 Å². The summed E-state index contributed by atoms with van der Waals surface area (Å²) >= 11 is 0. The van der Waals surface area contributed by atoms with E-state index in [1.54, 1.807) is 6.20 Å². The van der Waals surface area contributed by atoms with Crippen LogP contribution in [0.5, 0.6) is 0 Å². The van der Waals surface area contributed by atoms with Crippen LogP contribution in [0.25, 0.3) is 0 Å². The van der Waals surface area contributed by atoms with Gasteiger partial charge in [0.2, 0.25) is 0 Å². The zero-order valence-corrected chi connectivity index (χ0v) is 13.6. The Morgan fingerprint density at radius 1 is 1.30 bits per heavy atom. The summed E-state index contributed by atoms with van der Waals surface area (Å²) in [6, 6.07) is 7.92. The van der Waals surface area contributed by atoms with E-state index >= 15 is 0 Å². The SMILES string of the molecule is CNc1cc(C2CCCN(C(=O)c3ncccc3C)C2)ccn1. The van der Waals surface area contributed by atoms with Crippen LogP contribution in [0.3, 0.4) is 0 Å². The predicted octanol–water partition coefficient (Wildman–Crippen LogP) is 2.85. The summed E-state index contributed by atoms with van der Waals surface area (Å²) in [5.74, 6) is 1.26. The predicted molar refractivity (Wildman–Crippen MR) is 90.6 cm³/mol. The lowest BCUT2D eigenvalue weighted by molar-refractivity contribution is 0.0700. The van der Waals surface area contributed by atoms with Gasteiger partial charge in [0.05, 0.1) is 0 Å². The number of aromatic nitrogens is 2. The van der Waals surface area contributed by atoms with E-state index < -0.39 is 0 Å². The highest BCUT2D eigenvalue weighted by atomic mass is 16.2. The van der Waals surface area contributed by atoms with Crippen molar-refractivity contribution in [1.82, 2.24) is 14.9 Å². The molecule has 2 aromatic heterocycles. The molecule has 0 aliphatic carbocycles. The fraction of sp³-hybridized carbons (Fsp3) is 0.389. The first-order valence-electron chi connectivity index (χ1n) is 8.03. The third-order valence-corrected chi connectivity index (χ3v) is 4.43. The molecular weight excluding hydrogens is 288 g/mol. The third kappa shape index (κ3) is 3.33. The fourth-order valence-electron chi connectivity index (χ4n) is 3.13. The Balaban J connectivity index is 1.78. The van der Waals surface area contributed by atoms with Crippen LogP contribution in [0.2, 0.25) is 0 Å². The van der Waals surface area contributed by atoms with Crippen molar-refractivity contribution in [2.45, 2.75) is 25.7 Å². The fourth-order valence-corrected chi connectivity index (χ4v) is 3.13. The van der Waals surface area contributed by atoms with Crippen LogP contribution >= 0.6 is 0 Å². The van der Waals surface area contributed by atoms with Gasteiger partial charge in [-0.1, -0.05) is 6.07 Å². The molecular formula is C18H22N4O. The highest BCUT2D eigenvalue weighted by molar-refractivity contribution is 5.93. The molecule has 1 aliphatic rings. The van der Waals surface area contributed by atoms with E-state index in [0.29, 0.717) is 11.6 Å². The first-order valence-corrected chi connectivity index (χ1v) is 8.03. The third-order valence-electron chi connectivity index (χ3n) is 4.43. The minimum absolute atomic E-state index is 0.0377. The number of piperidine rings is 1. The number of pyridine rings is 2. The molecule has 1 unspecified atom stereocenters. The number of hydrogen-bond acceptors (Lipinski definition) is 4. The van der Waals surface area contributed by atoms with Crippen molar-refractivity contribution in [2.24, 2.45) is 0 Å². The zero-order chi connectivity index (χ0) is 16.2. The van der Waals surface area contributed by atoms with Crippen LogP contribution in [-0.4, -0.2) is 40.9 Å². The standard InChI is InChI=1S/C18H22N4O/c1-13-5-3-8-21-17(13)18(23)22-10-4-6-15(12-22)14-7-9-20-16(11-14)19-2/h3,5,7-9,11,15H,4,6,10,12H2,1-2H3,(H,19,20). The van der Waals surface area contributed by atoms with Gasteiger partial charge in [-0.25, -0.2) is 4.98 Å². The van der Waals surface area contributed by atoms with E-state index in [0.717, 1.165) is 37.3 Å². The molecule has 0 aromatic carbocycles. The summed E-state index contributed by atoms with van der Waals surface area (Å²) in [6.07, 6.45) is 5.62. The number of hydrogen-bond donors (Lipinski definition) is 1. The average molecular weight is 310 g/mol. The van der Waals surface area contributed by atoms with E-state index in [4.69, 9.17) is 0 Å². The Morgan fingerprint density at radius 3 is 2.96 bits per heavy atom. The van der Waals surface area contributed by atoms with Crippen molar-refractivity contribution in [3.63, 3.8) is 0 Å². The highest BCUT2D eigenvalue weighted by Gasteiger charge is 2.27. The molecule has 1 atom stereocenters. The molecule has 0 saturated carbocycles. The largest absolute Gasteiger partial charge is 0.373 e. The molecule has 1 aliphatic heterocycles. The quantitative estimate of drug-likeness (QED) is 0.947. The molecule has 1 amide bonds. The normalized spacial score (nSPS) is 17.8. The summed E-state index contributed by atoms with van der Waals surface area (Å²) in [4.78, 5) is 23.2. The molecule has 3 rings (SSSR count). The van der Waals surface area contributed by atoms with Crippen molar-refractivity contribution in [3.05, 3.63) is 53.5 Å². The molecule has 5 heteroatoms. The first kappa shape index (κ1) is 15.5. The van der Waals surface area contributed by atoms with Crippen LogP contribution in [-0.2, 0) is 0 Å². The second-order valence-corrected chi connectivity index (χ2v) is 5.98. The summed E-state index contributed by atoms with van der Waals surface area (Å²) in [5.41, 5.74) is 2.74. The summed E-state index contributed by atoms with van der Waals surface area (Å²) < 4.78 is 0. The smallest absolute Gasteiger partial charge is 0.272 e. The number of carbonyl (C=O) groups is 1. The lowest BCUT2D eigenvalue weighted by Crippen LogP contribution is -2.39. The number of carbonyl (C=O) groups excluding carboxylic acids is 1. The van der Waals surface area contributed by atoms with Gasteiger partial charge in [0.25, 0.3) is 5.91 Å². The van der Waals surface area contributed by atoms with E-state index in [1.165, 1.54) is 5.56 Å². The maximum absolute atomic E-state index is 12.8. The Morgan fingerprint density at radius 2 is 2.17 bits per heavy atom. The van der Waals surface area contributed by atoms with Crippen molar-refractivity contribution in [1.29, 1.82) is 0 Å². The highest BCUT2D eigenvalue weighted by Crippen LogP contribution is 2.28. The van der Waals surface area contributed by atoms with Crippen LogP contribution in [0, 0.1) is 6.92 Å². The topological polar surface area (TPSA) is 58.1 Å².